The van der Waals surface area contributed by atoms with Crippen LogP contribution < -0.4 is 10.6 Å². The van der Waals surface area contributed by atoms with E-state index in [2.05, 4.69) is 15.8 Å². The van der Waals surface area contributed by atoms with Crippen molar-refractivity contribution in [3.05, 3.63) is 70.9 Å². The van der Waals surface area contributed by atoms with Gasteiger partial charge in [-0.3, -0.25) is 9.59 Å². The fourth-order valence-corrected chi connectivity index (χ4v) is 3.90. The summed E-state index contributed by atoms with van der Waals surface area (Å²) < 4.78 is 4.98. The van der Waals surface area contributed by atoms with Crippen LogP contribution in [0.15, 0.2) is 64.0 Å². The second-order valence-electron chi connectivity index (χ2n) is 6.71. The lowest BCUT2D eigenvalue weighted by Gasteiger charge is -2.14. The smallest absolute Gasteiger partial charge is 0.239 e. The molecule has 0 saturated carbocycles. The lowest BCUT2D eigenvalue weighted by atomic mass is 10.1. The van der Waals surface area contributed by atoms with Crippen molar-refractivity contribution in [2.24, 2.45) is 0 Å². The van der Waals surface area contributed by atoms with Crippen LogP contribution in [0.1, 0.15) is 24.7 Å². The van der Waals surface area contributed by atoms with Gasteiger partial charge in [0.25, 0.3) is 0 Å². The summed E-state index contributed by atoms with van der Waals surface area (Å²) >= 11 is 7.31. The number of nitrogens with zero attached hydrogens (tertiary/aromatic N) is 1. The summed E-state index contributed by atoms with van der Waals surface area (Å²) in [6.45, 7) is 3.71. The van der Waals surface area contributed by atoms with Crippen LogP contribution in [0.5, 0.6) is 0 Å². The first-order chi connectivity index (χ1) is 14.4. The molecule has 0 fully saturated rings. The highest BCUT2D eigenvalue weighted by Gasteiger charge is 2.19. The normalized spacial score (nSPS) is 11.7. The number of hydrogen-bond acceptors (Lipinski definition) is 5. The number of benzene rings is 2. The molecule has 2 aromatic carbocycles. The number of halogens is 1. The molecule has 156 valence electrons. The molecule has 3 aromatic rings. The number of carbonyl (C=O) groups is 2. The van der Waals surface area contributed by atoms with E-state index < -0.39 is 0 Å². The predicted molar refractivity (Wildman–Crippen MR) is 120 cm³/mol. The van der Waals surface area contributed by atoms with E-state index in [1.165, 1.54) is 11.8 Å². The van der Waals surface area contributed by atoms with Crippen LogP contribution >= 0.6 is 23.4 Å². The minimum absolute atomic E-state index is 0.120. The lowest BCUT2D eigenvalue weighted by molar-refractivity contribution is -0.116. The number of nitrogens with one attached hydrogen (secondary N) is 2. The van der Waals surface area contributed by atoms with Crippen molar-refractivity contribution >= 4 is 46.7 Å². The third-order valence-electron chi connectivity index (χ3n) is 4.22. The molecule has 2 N–H and O–H groups in total. The monoisotopic (exact) mass is 443 g/mol. The molecule has 8 heteroatoms. The van der Waals surface area contributed by atoms with E-state index in [0.29, 0.717) is 28.7 Å². The number of hydrogen-bond donors (Lipinski definition) is 2. The van der Waals surface area contributed by atoms with Gasteiger partial charge < -0.3 is 15.2 Å². The Labute approximate surface area is 184 Å². The Morgan fingerprint density at radius 2 is 1.90 bits per heavy atom. The van der Waals surface area contributed by atoms with Gasteiger partial charge in [0.15, 0.2) is 5.82 Å². The van der Waals surface area contributed by atoms with Crippen molar-refractivity contribution in [1.29, 1.82) is 0 Å². The Hall–Kier alpha value is -2.77. The molecule has 0 aliphatic rings. The molecule has 0 aliphatic carbocycles. The number of anilines is 2. The highest BCUT2D eigenvalue weighted by molar-refractivity contribution is 8.00. The number of carbonyl (C=O) groups excluding carboxylic acids is 2. The molecule has 6 nitrogen and oxygen atoms in total. The van der Waals surface area contributed by atoms with Gasteiger partial charge in [-0.25, -0.2) is 0 Å². The lowest BCUT2D eigenvalue weighted by Crippen LogP contribution is -2.24. The maximum atomic E-state index is 12.6. The Kier molecular flexibility index (Phi) is 7.54. The van der Waals surface area contributed by atoms with Crippen molar-refractivity contribution in [1.82, 2.24) is 5.16 Å². The second kappa shape index (κ2) is 10.3. The van der Waals surface area contributed by atoms with Gasteiger partial charge in [0, 0.05) is 21.7 Å². The maximum Gasteiger partial charge on any atom is 0.239 e. The van der Waals surface area contributed by atoms with E-state index in [9.17, 15) is 9.59 Å². The maximum absolute atomic E-state index is 12.6. The van der Waals surface area contributed by atoms with Gasteiger partial charge in [-0.1, -0.05) is 41.9 Å². The summed E-state index contributed by atoms with van der Waals surface area (Å²) in [6, 6.07) is 16.3. The van der Waals surface area contributed by atoms with Gasteiger partial charge in [-0.2, -0.15) is 0 Å². The Bertz CT molecular complexity index is 1020. The van der Waals surface area contributed by atoms with E-state index in [0.717, 1.165) is 10.5 Å². The first-order valence-electron chi connectivity index (χ1n) is 9.48. The zero-order valence-electron chi connectivity index (χ0n) is 16.6. The average molecular weight is 444 g/mol. The van der Waals surface area contributed by atoms with Crippen LogP contribution in [0.2, 0.25) is 5.02 Å². The van der Waals surface area contributed by atoms with Crippen molar-refractivity contribution in [3.63, 3.8) is 0 Å². The molecular weight excluding hydrogens is 422 g/mol. The van der Waals surface area contributed by atoms with Gasteiger partial charge >= 0.3 is 0 Å². The molecule has 0 radical (unpaired) electrons. The fourth-order valence-electron chi connectivity index (χ4n) is 2.76. The Morgan fingerprint density at radius 1 is 1.13 bits per heavy atom. The minimum atomic E-state index is -0.304. The molecule has 0 spiro atoms. The SMILES string of the molecule is CCC(Sc1cccc(NC(=O)Cc2ccc(Cl)cc2)c1)C(=O)Nc1cc(C)on1. The van der Waals surface area contributed by atoms with Gasteiger partial charge in [-0.15, -0.1) is 11.8 Å². The van der Waals surface area contributed by atoms with Crippen molar-refractivity contribution < 1.29 is 14.1 Å². The van der Waals surface area contributed by atoms with Gasteiger partial charge in [0.1, 0.15) is 5.76 Å². The van der Waals surface area contributed by atoms with Crippen LogP contribution in [0, 0.1) is 6.92 Å². The number of thioether (sulfide) groups is 1. The predicted octanol–water partition coefficient (Wildman–Crippen LogP) is 5.33. The van der Waals surface area contributed by atoms with Crippen molar-refractivity contribution in [2.45, 2.75) is 36.8 Å². The largest absolute Gasteiger partial charge is 0.360 e. The summed E-state index contributed by atoms with van der Waals surface area (Å²) in [5.74, 6) is 0.770. The fraction of sp³-hybridized carbons (Fsp3) is 0.227. The van der Waals surface area contributed by atoms with Crippen LogP contribution in [-0.4, -0.2) is 22.2 Å². The van der Waals surface area contributed by atoms with Gasteiger partial charge in [0.2, 0.25) is 11.8 Å². The van der Waals surface area contributed by atoms with Crippen LogP contribution in [0.25, 0.3) is 0 Å². The minimum Gasteiger partial charge on any atom is -0.360 e. The van der Waals surface area contributed by atoms with Crippen LogP contribution in [-0.2, 0) is 16.0 Å². The van der Waals surface area contributed by atoms with E-state index in [1.54, 1.807) is 25.1 Å². The molecule has 1 unspecified atom stereocenters. The zero-order chi connectivity index (χ0) is 21.5. The van der Waals surface area contributed by atoms with E-state index in [4.69, 9.17) is 16.1 Å². The Balaban J connectivity index is 1.59. The molecule has 0 bridgehead atoms. The van der Waals surface area contributed by atoms with Gasteiger partial charge in [-0.05, 0) is 49.2 Å². The van der Waals surface area contributed by atoms with Crippen molar-refractivity contribution in [2.75, 3.05) is 10.6 Å². The molecule has 1 heterocycles. The van der Waals surface area contributed by atoms with E-state index in [1.807, 2.05) is 43.3 Å². The first-order valence-corrected chi connectivity index (χ1v) is 10.7. The van der Waals surface area contributed by atoms with E-state index >= 15 is 0 Å². The molecule has 1 aromatic heterocycles. The highest BCUT2D eigenvalue weighted by atomic mass is 35.5. The number of aromatic nitrogens is 1. The Morgan fingerprint density at radius 3 is 2.57 bits per heavy atom. The number of rotatable bonds is 8. The molecule has 1 atom stereocenters. The second-order valence-corrected chi connectivity index (χ2v) is 8.42. The molecule has 3 rings (SSSR count). The quantitative estimate of drug-likeness (QED) is 0.460. The molecule has 0 saturated heterocycles. The number of amides is 2. The van der Waals surface area contributed by atoms with E-state index in [-0.39, 0.29) is 23.5 Å². The standard InChI is InChI=1S/C22H22ClN3O3S/c1-3-19(22(28)25-20-11-14(2)29-26-20)30-18-6-4-5-17(13-18)24-21(27)12-15-7-9-16(23)10-8-15/h4-11,13,19H,3,12H2,1-2H3,(H,24,27)(H,25,26,28). The molecule has 2 amide bonds. The summed E-state index contributed by atoms with van der Waals surface area (Å²) in [7, 11) is 0. The summed E-state index contributed by atoms with van der Waals surface area (Å²) in [5.41, 5.74) is 1.56. The third-order valence-corrected chi connectivity index (χ3v) is 5.83. The zero-order valence-corrected chi connectivity index (χ0v) is 18.2. The van der Waals surface area contributed by atoms with Crippen molar-refractivity contribution in [3.8, 4) is 0 Å². The van der Waals surface area contributed by atoms with Crippen LogP contribution in [0.3, 0.4) is 0 Å². The van der Waals surface area contributed by atoms with Crippen LogP contribution in [0.4, 0.5) is 11.5 Å². The summed E-state index contributed by atoms with van der Waals surface area (Å²) in [4.78, 5) is 25.8. The van der Waals surface area contributed by atoms with Gasteiger partial charge in [0.05, 0.1) is 11.7 Å². The summed E-state index contributed by atoms with van der Waals surface area (Å²) in [6.07, 6.45) is 0.895. The topological polar surface area (TPSA) is 84.2 Å². The third kappa shape index (κ3) is 6.37. The molecule has 30 heavy (non-hydrogen) atoms. The average Bonchev–Trinajstić information content (AvgIpc) is 3.12. The first kappa shape index (κ1) is 21.9. The highest BCUT2D eigenvalue weighted by Crippen LogP contribution is 2.28. The molecule has 0 aliphatic heterocycles. The molecular formula is C22H22ClN3O3S. The summed E-state index contributed by atoms with van der Waals surface area (Å²) in [5, 5.41) is 9.80. The number of aryl methyl sites for hydroxylation is 1.